The van der Waals surface area contributed by atoms with Gasteiger partial charge in [-0.25, -0.2) is 0 Å². The van der Waals surface area contributed by atoms with Crippen LogP contribution in [0, 0.1) is 6.92 Å². The van der Waals surface area contributed by atoms with Gasteiger partial charge >= 0.3 is 0 Å². The van der Waals surface area contributed by atoms with Crippen molar-refractivity contribution in [1.82, 2.24) is 0 Å². The number of anilines is 1. The van der Waals surface area contributed by atoms with E-state index in [0.29, 0.717) is 6.54 Å². The molecule has 1 atom stereocenters. The van der Waals surface area contributed by atoms with Crippen molar-refractivity contribution in [3.8, 4) is 0 Å². The second-order valence-electron chi connectivity index (χ2n) is 4.93. The van der Waals surface area contributed by atoms with E-state index in [1.54, 1.807) is 11.3 Å². The molecule has 3 rings (SSSR count). The predicted octanol–water partition coefficient (Wildman–Crippen LogP) is 4.32. The first-order valence-corrected chi connectivity index (χ1v) is 7.66. The van der Waals surface area contributed by atoms with E-state index in [1.807, 2.05) is 0 Å². The molecular weight excluding hydrogens is 264 g/mol. The molecule has 0 aliphatic carbocycles. The zero-order chi connectivity index (χ0) is 13.9. The van der Waals surface area contributed by atoms with E-state index in [4.69, 9.17) is 5.73 Å². The van der Waals surface area contributed by atoms with Gasteiger partial charge in [0.1, 0.15) is 0 Å². The van der Waals surface area contributed by atoms with Crippen molar-refractivity contribution in [2.24, 2.45) is 5.73 Å². The molecule has 2 nitrogen and oxygen atoms in total. The maximum atomic E-state index is 6.00. The van der Waals surface area contributed by atoms with Crippen molar-refractivity contribution in [3.05, 3.63) is 65.0 Å². The average molecular weight is 282 g/mol. The minimum atomic E-state index is 0.146. The largest absolute Gasteiger partial charge is 0.377 e. The topological polar surface area (TPSA) is 38.0 Å². The SMILES string of the molecule is Cc1ccccc1NC(CN)c1csc2ccccc12. The molecule has 2 aromatic carbocycles. The maximum absolute atomic E-state index is 6.00. The zero-order valence-corrected chi connectivity index (χ0v) is 12.3. The average Bonchev–Trinajstić information content (AvgIpc) is 2.90. The van der Waals surface area contributed by atoms with E-state index in [2.05, 4.69) is 66.2 Å². The monoisotopic (exact) mass is 282 g/mol. The summed E-state index contributed by atoms with van der Waals surface area (Å²) in [6.45, 7) is 2.69. The molecule has 0 saturated carbocycles. The highest BCUT2D eigenvalue weighted by Crippen LogP contribution is 2.32. The Balaban J connectivity index is 1.96. The van der Waals surface area contributed by atoms with Crippen molar-refractivity contribution in [2.75, 3.05) is 11.9 Å². The van der Waals surface area contributed by atoms with E-state index in [9.17, 15) is 0 Å². The molecule has 102 valence electrons. The first-order valence-electron chi connectivity index (χ1n) is 6.78. The summed E-state index contributed by atoms with van der Waals surface area (Å²) in [6, 6.07) is 17.0. The van der Waals surface area contributed by atoms with E-state index in [-0.39, 0.29) is 6.04 Å². The van der Waals surface area contributed by atoms with Crippen LogP contribution >= 0.6 is 11.3 Å². The van der Waals surface area contributed by atoms with Crippen molar-refractivity contribution in [2.45, 2.75) is 13.0 Å². The lowest BCUT2D eigenvalue weighted by Crippen LogP contribution is -2.20. The number of hydrogen-bond donors (Lipinski definition) is 2. The molecule has 0 radical (unpaired) electrons. The lowest BCUT2D eigenvalue weighted by Gasteiger charge is -2.19. The Bertz CT molecular complexity index is 718. The van der Waals surface area contributed by atoms with E-state index in [0.717, 1.165) is 5.69 Å². The van der Waals surface area contributed by atoms with Gasteiger partial charge in [-0.1, -0.05) is 36.4 Å². The van der Waals surface area contributed by atoms with E-state index < -0.39 is 0 Å². The molecule has 0 spiro atoms. The lowest BCUT2D eigenvalue weighted by atomic mass is 10.0. The molecule has 3 N–H and O–H groups in total. The Morgan fingerprint density at radius 2 is 1.85 bits per heavy atom. The molecule has 3 aromatic rings. The van der Waals surface area contributed by atoms with E-state index in [1.165, 1.54) is 21.2 Å². The van der Waals surface area contributed by atoms with Crippen molar-refractivity contribution in [3.63, 3.8) is 0 Å². The third-order valence-corrected chi connectivity index (χ3v) is 4.58. The summed E-state index contributed by atoms with van der Waals surface area (Å²) < 4.78 is 1.31. The fourth-order valence-corrected chi connectivity index (χ4v) is 3.47. The number of rotatable bonds is 4. The number of hydrogen-bond acceptors (Lipinski definition) is 3. The minimum absolute atomic E-state index is 0.146. The van der Waals surface area contributed by atoms with Gasteiger partial charge in [-0.05, 0) is 40.9 Å². The normalized spacial score (nSPS) is 12.5. The Morgan fingerprint density at radius 1 is 1.10 bits per heavy atom. The number of nitrogens with two attached hydrogens (primary N) is 1. The van der Waals surface area contributed by atoms with Gasteiger partial charge in [0.25, 0.3) is 0 Å². The number of thiophene rings is 1. The summed E-state index contributed by atoms with van der Waals surface area (Å²) in [6.07, 6.45) is 0. The maximum Gasteiger partial charge on any atom is 0.0650 e. The first kappa shape index (κ1) is 13.2. The van der Waals surface area contributed by atoms with Gasteiger partial charge in [-0.15, -0.1) is 11.3 Å². The summed E-state index contributed by atoms with van der Waals surface area (Å²) in [5, 5.41) is 7.09. The van der Waals surface area contributed by atoms with Gasteiger partial charge in [0.05, 0.1) is 6.04 Å². The van der Waals surface area contributed by atoms with Crippen LogP contribution in [0.25, 0.3) is 10.1 Å². The summed E-state index contributed by atoms with van der Waals surface area (Å²) in [5.41, 5.74) is 9.68. The summed E-state index contributed by atoms with van der Waals surface area (Å²) in [7, 11) is 0. The highest BCUT2D eigenvalue weighted by atomic mass is 32.1. The van der Waals surface area contributed by atoms with Gasteiger partial charge < -0.3 is 11.1 Å². The van der Waals surface area contributed by atoms with Crippen LogP contribution in [0.2, 0.25) is 0 Å². The fraction of sp³-hybridized carbons (Fsp3) is 0.176. The Morgan fingerprint density at radius 3 is 2.65 bits per heavy atom. The highest BCUT2D eigenvalue weighted by Gasteiger charge is 2.14. The number of nitrogens with one attached hydrogen (secondary N) is 1. The van der Waals surface area contributed by atoms with Crippen LogP contribution in [-0.2, 0) is 0 Å². The molecule has 1 heterocycles. The molecule has 0 fully saturated rings. The molecule has 1 aromatic heterocycles. The van der Waals surface area contributed by atoms with Gasteiger partial charge in [-0.3, -0.25) is 0 Å². The van der Waals surface area contributed by atoms with Crippen molar-refractivity contribution in [1.29, 1.82) is 0 Å². The lowest BCUT2D eigenvalue weighted by molar-refractivity contribution is 0.798. The molecule has 20 heavy (non-hydrogen) atoms. The molecule has 0 saturated heterocycles. The van der Waals surface area contributed by atoms with Crippen LogP contribution in [0.1, 0.15) is 17.2 Å². The number of para-hydroxylation sites is 1. The van der Waals surface area contributed by atoms with Crippen LogP contribution in [0.4, 0.5) is 5.69 Å². The van der Waals surface area contributed by atoms with Gasteiger partial charge in [0.2, 0.25) is 0 Å². The minimum Gasteiger partial charge on any atom is -0.377 e. The first-order chi connectivity index (χ1) is 9.79. The quantitative estimate of drug-likeness (QED) is 0.748. The Hall–Kier alpha value is -1.84. The third-order valence-electron chi connectivity index (χ3n) is 3.60. The summed E-state index contributed by atoms with van der Waals surface area (Å²) in [5.74, 6) is 0. The van der Waals surface area contributed by atoms with Crippen LogP contribution in [0.5, 0.6) is 0 Å². The molecule has 0 amide bonds. The number of benzene rings is 2. The highest BCUT2D eigenvalue weighted by molar-refractivity contribution is 7.17. The van der Waals surface area contributed by atoms with Gasteiger partial charge in [0, 0.05) is 16.9 Å². The fourth-order valence-electron chi connectivity index (χ4n) is 2.45. The molecule has 0 aliphatic rings. The van der Waals surface area contributed by atoms with Crippen LogP contribution < -0.4 is 11.1 Å². The smallest absolute Gasteiger partial charge is 0.0650 e. The van der Waals surface area contributed by atoms with Crippen molar-refractivity contribution < 1.29 is 0 Å². The third kappa shape index (κ3) is 2.42. The predicted molar refractivity (Wildman–Crippen MR) is 88.4 cm³/mol. The van der Waals surface area contributed by atoms with Crippen LogP contribution in [-0.4, -0.2) is 6.54 Å². The van der Waals surface area contributed by atoms with Crippen LogP contribution in [0.3, 0.4) is 0 Å². The Labute approximate surface area is 123 Å². The number of aryl methyl sites for hydroxylation is 1. The zero-order valence-electron chi connectivity index (χ0n) is 11.5. The second kappa shape index (κ2) is 5.65. The molecule has 1 unspecified atom stereocenters. The van der Waals surface area contributed by atoms with Crippen molar-refractivity contribution >= 4 is 27.1 Å². The standard InChI is InChI=1S/C17H18N2S/c1-12-6-2-4-8-15(12)19-16(10-18)14-11-20-17-9-5-3-7-13(14)17/h2-9,11,16,19H,10,18H2,1H3. The summed E-state index contributed by atoms with van der Waals surface area (Å²) >= 11 is 1.78. The molecule has 0 bridgehead atoms. The molecule has 3 heteroatoms. The number of fused-ring (bicyclic) bond motifs is 1. The van der Waals surface area contributed by atoms with Gasteiger partial charge in [-0.2, -0.15) is 0 Å². The van der Waals surface area contributed by atoms with E-state index >= 15 is 0 Å². The molecule has 0 aliphatic heterocycles. The Kier molecular flexibility index (Phi) is 3.72. The second-order valence-corrected chi connectivity index (χ2v) is 5.85. The molecular formula is C17H18N2S. The van der Waals surface area contributed by atoms with Crippen LogP contribution in [0.15, 0.2) is 53.9 Å². The van der Waals surface area contributed by atoms with Gasteiger partial charge in [0.15, 0.2) is 0 Å². The summed E-state index contributed by atoms with van der Waals surface area (Å²) in [4.78, 5) is 0.